The molecule has 0 aromatic carbocycles. The van der Waals surface area contributed by atoms with Crippen molar-refractivity contribution in [3.63, 3.8) is 0 Å². The summed E-state index contributed by atoms with van der Waals surface area (Å²) in [6, 6.07) is 0. The summed E-state index contributed by atoms with van der Waals surface area (Å²) < 4.78 is 0. The SMILES string of the molecule is CC(Br)CNC(=O)CC1CCC1. The van der Waals surface area contributed by atoms with E-state index in [1.54, 1.807) is 0 Å². The lowest BCUT2D eigenvalue weighted by Gasteiger charge is -2.24. The maximum atomic E-state index is 11.2. The first-order valence-electron chi connectivity index (χ1n) is 4.59. The van der Waals surface area contributed by atoms with Crippen LogP contribution in [0.15, 0.2) is 0 Å². The van der Waals surface area contributed by atoms with E-state index in [2.05, 4.69) is 21.2 Å². The first kappa shape index (κ1) is 10.0. The number of nitrogens with one attached hydrogen (secondary N) is 1. The molecular weight excluding hydrogens is 218 g/mol. The molecule has 1 fully saturated rings. The first-order chi connectivity index (χ1) is 5.68. The van der Waals surface area contributed by atoms with Crippen molar-refractivity contribution in [3.8, 4) is 0 Å². The Balaban J connectivity index is 2.03. The molecule has 0 spiro atoms. The number of hydrogen-bond acceptors (Lipinski definition) is 1. The molecule has 1 aliphatic carbocycles. The van der Waals surface area contributed by atoms with Gasteiger partial charge in [-0.3, -0.25) is 4.79 Å². The highest BCUT2D eigenvalue weighted by Crippen LogP contribution is 2.28. The number of hydrogen-bond donors (Lipinski definition) is 1. The molecule has 1 unspecified atom stereocenters. The van der Waals surface area contributed by atoms with Crippen LogP contribution < -0.4 is 5.32 Å². The van der Waals surface area contributed by atoms with Gasteiger partial charge in [0.2, 0.25) is 5.91 Å². The van der Waals surface area contributed by atoms with Crippen LogP contribution in [0.2, 0.25) is 0 Å². The Morgan fingerprint density at radius 3 is 2.75 bits per heavy atom. The van der Waals surface area contributed by atoms with Crippen molar-refractivity contribution in [1.82, 2.24) is 5.32 Å². The molecule has 3 heteroatoms. The average molecular weight is 234 g/mol. The van der Waals surface area contributed by atoms with Crippen molar-refractivity contribution >= 4 is 21.8 Å². The van der Waals surface area contributed by atoms with Crippen LogP contribution in [0, 0.1) is 5.92 Å². The van der Waals surface area contributed by atoms with Crippen LogP contribution in [0.25, 0.3) is 0 Å². The minimum atomic E-state index is 0.214. The minimum Gasteiger partial charge on any atom is -0.355 e. The lowest BCUT2D eigenvalue weighted by Crippen LogP contribution is -2.31. The molecule has 1 aliphatic rings. The first-order valence-corrected chi connectivity index (χ1v) is 5.51. The van der Waals surface area contributed by atoms with Crippen molar-refractivity contribution in [3.05, 3.63) is 0 Å². The van der Waals surface area contributed by atoms with Gasteiger partial charge >= 0.3 is 0 Å². The average Bonchev–Trinajstić information content (AvgIpc) is 1.93. The molecule has 1 saturated carbocycles. The van der Waals surface area contributed by atoms with Gasteiger partial charge in [0, 0.05) is 17.8 Å². The van der Waals surface area contributed by atoms with Gasteiger partial charge in [-0.1, -0.05) is 29.3 Å². The fourth-order valence-electron chi connectivity index (χ4n) is 1.29. The van der Waals surface area contributed by atoms with Crippen molar-refractivity contribution in [2.24, 2.45) is 5.92 Å². The predicted octanol–water partition coefficient (Wildman–Crippen LogP) is 2.08. The Morgan fingerprint density at radius 2 is 2.33 bits per heavy atom. The third kappa shape index (κ3) is 3.57. The lowest BCUT2D eigenvalue weighted by atomic mass is 9.83. The quantitative estimate of drug-likeness (QED) is 0.741. The Morgan fingerprint density at radius 1 is 1.67 bits per heavy atom. The van der Waals surface area contributed by atoms with Gasteiger partial charge in [-0.25, -0.2) is 0 Å². The summed E-state index contributed by atoms with van der Waals surface area (Å²) in [7, 11) is 0. The van der Waals surface area contributed by atoms with E-state index in [-0.39, 0.29) is 5.91 Å². The van der Waals surface area contributed by atoms with Gasteiger partial charge in [-0.15, -0.1) is 0 Å². The molecule has 1 N–H and O–H groups in total. The second kappa shape index (κ2) is 4.85. The third-order valence-corrected chi connectivity index (χ3v) is 2.60. The van der Waals surface area contributed by atoms with Crippen LogP contribution in [0.3, 0.4) is 0 Å². The van der Waals surface area contributed by atoms with Crippen molar-refractivity contribution in [2.75, 3.05) is 6.54 Å². The number of halogens is 1. The second-order valence-electron chi connectivity index (χ2n) is 3.59. The van der Waals surface area contributed by atoms with E-state index in [9.17, 15) is 4.79 Å². The van der Waals surface area contributed by atoms with Crippen LogP contribution >= 0.6 is 15.9 Å². The van der Waals surface area contributed by atoms with Crippen LogP contribution in [0.4, 0.5) is 0 Å². The monoisotopic (exact) mass is 233 g/mol. The highest BCUT2D eigenvalue weighted by molar-refractivity contribution is 9.09. The molecular formula is C9H16BrNO. The second-order valence-corrected chi connectivity index (χ2v) is 5.15. The van der Waals surface area contributed by atoms with E-state index >= 15 is 0 Å². The zero-order valence-electron chi connectivity index (χ0n) is 7.48. The van der Waals surface area contributed by atoms with E-state index in [0.29, 0.717) is 10.7 Å². The minimum absolute atomic E-state index is 0.214. The Labute approximate surface area is 82.2 Å². The van der Waals surface area contributed by atoms with Gasteiger partial charge in [0.05, 0.1) is 0 Å². The third-order valence-electron chi connectivity index (χ3n) is 2.28. The van der Waals surface area contributed by atoms with Crippen LogP contribution in [-0.4, -0.2) is 17.3 Å². The van der Waals surface area contributed by atoms with E-state index in [1.807, 2.05) is 6.92 Å². The summed E-state index contributed by atoms with van der Waals surface area (Å²) in [5.41, 5.74) is 0. The van der Waals surface area contributed by atoms with Crippen LogP contribution in [-0.2, 0) is 4.79 Å². The largest absolute Gasteiger partial charge is 0.355 e. The summed E-state index contributed by atoms with van der Waals surface area (Å²) in [5, 5.41) is 2.90. The van der Waals surface area contributed by atoms with Gasteiger partial charge in [-0.2, -0.15) is 0 Å². The summed E-state index contributed by atoms with van der Waals surface area (Å²) in [4.78, 5) is 11.6. The van der Waals surface area contributed by atoms with Crippen molar-refractivity contribution in [2.45, 2.75) is 37.4 Å². The lowest BCUT2D eigenvalue weighted by molar-refractivity contribution is -0.122. The van der Waals surface area contributed by atoms with E-state index in [4.69, 9.17) is 0 Å². The molecule has 70 valence electrons. The predicted molar refractivity (Wildman–Crippen MR) is 53.4 cm³/mol. The number of alkyl halides is 1. The molecule has 0 bridgehead atoms. The standard InChI is InChI=1S/C9H16BrNO/c1-7(10)6-11-9(12)5-8-3-2-4-8/h7-8H,2-6H2,1H3,(H,11,12). The zero-order valence-corrected chi connectivity index (χ0v) is 9.06. The normalized spacial score (nSPS) is 19.8. The van der Waals surface area contributed by atoms with Crippen LogP contribution in [0.5, 0.6) is 0 Å². The van der Waals surface area contributed by atoms with Gasteiger partial charge in [0.25, 0.3) is 0 Å². The Kier molecular flexibility index (Phi) is 4.06. The van der Waals surface area contributed by atoms with Gasteiger partial charge in [-0.05, 0) is 18.8 Å². The maximum Gasteiger partial charge on any atom is 0.220 e. The maximum absolute atomic E-state index is 11.2. The Hall–Kier alpha value is -0.0500. The molecule has 2 nitrogen and oxygen atoms in total. The topological polar surface area (TPSA) is 29.1 Å². The molecule has 1 rings (SSSR count). The summed E-state index contributed by atoms with van der Waals surface area (Å²) in [6.07, 6.45) is 4.54. The van der Waals surface area contributed by atoms with E-state index < -0.39 is 0 Å². The number of rotatable bonds is 4. The fraction of sp³-hybridized carbons (Fsp3) is 0.889. The number of amides is 1. The Bertz CT molecular complexity index is 155. The number of carbonyl (C=O) groups excluding carboxylic acids is 1. The zero-order chi connectivity index (χ0) is 8.97. The molecule has 1 atom stereocenters. The number of carbonyl (C=O) groups is 1. The van der Waals surface area contributed by atoms with E-state index in [0.717, 1.165) is 13.0 Å². The molecule has 0 aromatic heterocycles. The molecule has 0 aliphatic heterocycles. The highest BCUT2D eigenvalue weighted by Gasteiger charge is 2.20. The molecule has 0 radical (unpaired) electrons. The summed E-state index contributed by atoms with van der Waals surface area (Å²) in [5.74, 6) is 0.890. The van der Waals surface area contributed by atoms with Gasteiger partial charge in [0.15, 0.2) is 0 Å². The highest BCUT2D eigenvalue weighted by atomic mass is 79.9. The van der Waals surface area contributed by atoms with Gasteiger partial charge in [0.1, 0.15) is 0 Å². The van der Waals surface area contributed by atoms with Gasteiger partial charge < -0.3 is 5.32 Å². The van der Waals surface area contributed by atoms with Crippen LogP contribution in [0.1, 0.15) is 32.6 Å². The molecule has 0 heterocycles. The molecule has 0 saturated heterocycles. The summed E-state index contributed by atoms with van der Waals surface area (Å²) >= 11 is 3.39. The molecule has 1 amide bonds. The smallest absolute Gasteiger partial charge is 0.220 e. The van der Waals surface area contributed by atoms with Crippen molar-refractivity contribution in [1.29, 1.82) is 0 Å². The van der Waals surface area contributed by atoms with E-state index in [1.165, 1.54) is 19.3 Å². The molecule has 12 heavy (non-hydrogen) atoms. The molecule has 0 aromatic rings. The summed E-state index contributed by atoms with van der Waals surface area (Å²) in [6.45, 7) is 2.77. The van der Waals surface area contributed by atoms with Crippen molar-refractivity contribution < 1.29 is 4.79 Å². The fourth-order valence-corrected chi connectivity index (χ4v) is 1.45.